The molecule has 0 aliphatic rings. The van der Waals surface area contributed by atoms with E-state index in [-0.39, 0.29) is 22.8 Å². The first kappa shape index (κ1) is 15.0. The summed E-state index contributed by atoms with van der Waals surface area (Å²) in [5, 5.41) is 24.1. The number of hydrogen-bond acceptors (Lipinski definition) is 6. The zero-order valence-electron chi connectivity index (χ0n) is 12.1. The Hall–Kier alpha value is -3.93. The van der Waals surface area contributed by atoms with Gasteiger partial charge in [-0.25, -0.2) is 4.68 Å². The van der Waals surface area contributed by atoms with Crippen molar-refractivity contribution in [1.82, 2.24) is 14.8 Å². The topological polar surface area (TPSA) is 144 Å². The Bertz CT molecular complexity index is 964. The normalized spacial score (nSPS) is 10.3. The fourth-order valence-electron chi connectivity index (χ4n) is 2.21. The summed E-state index contributed by atoms with van der Waals surface area (Å²) in [6, 6.07) is 10.5. The maximum absolute atomic E-state index is 12.4. The molecule has 0 saturated heterocycles. The third kappa shape index (κ3) is 2.38. The third-order valence-corrected chi connectivity index (χ3v) is 3.39. The molecule has 0 aliphatic heterocycles. The molecule has 0 unspecified atom stereocenters. The highest BCUT2D eigenvalue weighted by atomic mass is 16.6. The van der Waals surface area contributed by atoms with Gasteiger partial charge in [0, 0.05) is 18.3 Å². The van der Waals surface area contributed by atoms with E-state index in [1.807, 2.05) is 6.07 Å². The van der Waals surface area contributed by atoms with Gasteiger partial charge in [0.25, 0.3) is 5.69 Å². The minimum absolute atomic E-state index is 0.0150. The largest absolute Gasteiger partial charge is 0.394 e. The van der Waals surface area contributed by atoms with Crippen molar-refractivity contribution in [2.45, 2.75) is 0 Å². The van der Waals surface area contributed by atoms with Gasteiger partial charge >= 0.3 is 0 Å². The van der Waals surface area contributed by atoms with Crippen molar-refractivity contribution in [3.05, 3.63) is 69.8 Å². The Balaban J connectivity index is 2.09. The Morgan fingerprint density at radius 1 is 1.33 bits per heavy atom. The van der Waals surface area contributed by atoms with Gasteiger partial charge in [0.15, 0.2) is 11.4 Å². The number of rotatable bonds is 4. The monoisotopic (exact) mass is 322 g/mol. The van der Waals surface area contributed by atoms with E-state index in [1.54, 1.807) is 18.3 Å². The maximum Gasteiger partial charge on any atom is 0.269 e. The molecule has 0 fully saturated rings. The van der Waals surface area contributed by atoms with Crippen LogP contribution in [-0.4, -0.2) is 25.5 Å². The number of carbonyl (C=O) groups is 1. The average molecular weight is 322 g/mol. The van der Waals surface area contributed by atoms with Crippen LogP contribution in [0.25, 0.3) is 5.69 Å². The van der Waals surface area contributed by atoms with Crippen LogP contribution in [0.4, 0.5) is 11.4 Å². The number of aromatic nitrogens is 3. The highest BCUT2D eigenvalue weighted by Crippen LogP contribution is 2.23. The number of nitrogens with zero attached hydrogens (tertiary/aromatic N) is 4. The molecule has 0 saturated carbocycles. The molecule has 2 aromatic heterocycles. The summed E-state index contributed by atoms with van der Waals surface area (Å²) >= 11 is 0. The van der Waals surface area contributed by atoms with Crippen molar-refractivity contribution in [3.63, 3.8) is 0 Å². The van der Waals surface area contributed by atoms with Crippen LogP contribution in [0.5, 0.6) is 0 Å². The molecular weight excluding hydrogens is 312 g/mol. The molecule has 0 bridgehead atoms. The molecule has 9 nitrogen and oxygen atoms in total. The van der Waals surface area contributed by atoms with Gasteiger partial charge < -0.3 is 10.7 Å². The zero-order chi connectivity index (χ0) is 17.3. The summed E-state index contributed by atoms with van der Waals surface area (Å²) in [5.74, 6) is -0.449. The number of benzene rings is 1. The number of anilines is 1. The van der Waals surface area contributed by atoms with Crippen LogP contribution in [0.15, 0.2) is 42.6 Å². The van der Waals surface area contributed by atoms with Gasteiger partial charge in [0.2, 0.25) is 5.78 Å². The van der Waals surface area contributed by atoms with Crippen LogP contribution in [0, 0.1) is 21.4 Å². The third-order valence-electron chi connectivity index (χ3n) is 3.39. The zero-order valence-corrected chi connectivity index (χ0v) is 12.1. The molecule has 1 aromatic carbocycles. The van der Waals surface area contributed by atoms with E-state index in [0.717, 1.165) is 0 Å². The number of H-pyrrole nitrogens is 1. The maximum atomic E-state index is 12.4. The first-order valence-corrected chi connectivity index (χ1v) is 6.74. The van der Waals surface area contributed by atoms with E-state index < -0.39 is 10.7 Å². The van der Waals surface area contributed by atoms with Gasteiger partial charge in [-0.2, -0.15) is 10.4 Å². The van der Waals surface area contributed by atoms with Gasteiger partial charge in [0.1, 0.15) is 11.8 Å². The van der Waals surface area contributed by atoms with Crippen molar-refractivity contribution in [2.75, 3.05) is 5.73 Å². The van der Waals surface area contributed by atoms with Crippen molar-refractivity contribution in [1.29, 1.82) is 5.26 Å². The molecule has 9 heteroatoms. The number of nitro groups is 1. The van der Waals surface area contributed by atoms with Gasteiger partial charge in [-0.3, -0.25) is 14.9 Å². The van der Waals surface area contributed by atoms with E-state index in [9.17, 15) is 20.2 Å². The fourth-order valence-corrected chi connectivity index (χ4v) is 2.21. The lowest BCUT2D eigenvalue weighted by Crippen LogP contribution is -2.06. The van der Waals surface area contributed by atoms with Crippen LogP contribution in [-0.2, 0) is 0 Å². The number of nitro benzene ring substituents is 1. The summed E-state index contributed by atoms with van der Waals surface area (Å²) in [7, 11) is 0. The molecule has 0 spiro atoms. The fraction of sp³-hybridized carbons (Fsp3) is 0. The highest BCUT2D eigenvalue weighted by molar-refractivity contribution is 6.10. The van der Waals surface area contributed by atoms with Gasteiger partial charge in [-0.05, 0) is 24.3 Å². The van der Waals surface area contributed by atoms with E-state index in [1.165, 1.54) is 28.9 Å². The summed E-state index contributed by atoms with van der Waals surface area (Å²) in [6.45, 7) is 0. The Labute approximate surface area is 135 Å². The standard InChI is InChI=1S/C15H10N6O3/c16-8-12-13(17)14(15(22)11-2-1-7-18-11)19-20(12)9-3-5-10(6-4-9)21(23)24/h1-7,18H,17H2. The molecule has 3 N–H and O–H groups in total. The number of carbonyl (C=O) groups excluding carboxylic acids is 1. The molecule has 0 amide bonds. The molecule has 0 atom stereocenters. The lowest BCUT2D eigenvalue weighted by molar-refractivity contribution is -0.384. The molecular formula is C15H10N6O3. The quantitative estimate of drug-likeness (QED) is 0.425. The molecule has 3 rings (SSSR count). The van der Waals surface area contributed by atoms with Crippen LogP contribution >= 0.6 is 0 Å². The average Bonchev–Trinajstić information content (AvgIpc) is 3.22. The Kier molecular flexibility index (Phi) is 3.55. The Morgan fingerprint density at radius 3 is 2.58 bits per heavy atom. The first-order chi connectivity index (χ1) is 11.5. The predicted octanol–water partition coefficient (Wildman–Crippen LogP) is 1.79. The number of aromatic amines is 1. The summed E-state index contributed by atoms with van der Waals surface area (Å²) in [5.41, 5.74) is 6.34. The molecule has 0 aliphatic carbocycles. The van der Waals surface area contributed by atoms with Crippen molar-refractivity contribution in [3.8, 4) is 11.8 Å². The molecule has 3 aromatic rings. The van der Waals surface area contributed by atoms with Crippen molar-refractivity contribution >= 4 is 17.2 Å². The van der Waals surface area contributed by atoms with E-state index in [4.69, 9.17) is 5.73 Å². The number of non-ortho nitro benzene ring substituents is 1. The van der Waals surface area contributed by atoms with Crippen LogP contribution < -0.4 is 5.73 Å². The van der Waals surface area contributed by atoms with Gasteiger partial charge in [-0.1, -0.05) is 0 Å². The van der Waals surface area contributed by atoms with Crippen LogP contribution in [0.2, 0.25) is 0 Å². The summed E-state index contributed by atoms with van der Waals surface area (Å²) in [6.07, 6.45) is 1.59. The first-order valence-electron chi connectivity index (χ1n) is 6.74. The lowest BCUT2D eigenvalue weighted by Gasteiger charge is -2.02. The van der Waals surface area contributed by atoms with E-state index >= 15 is 0 Å². The smallest absolute Gasteiger partial charge is 0.269 e. The van der Waals surface area contributed by atoms with E-state index in [0.29, 0.717) is 11.4 Å². The molecule has 2 heterocycles. The van der Waals surface area contributed by atoms with Crippen LogP contribution in [0.1, 0.15) is 21.9 Å². The second-order valence-corrected chi connectivity index (χ2v) is 4.82. The van der Waals surface area contributed by atoms with Crippen molar-refractivity contribution in [2.24, 2.45) is 0 Å². The number of ketones is 1. The van der Waals surface area contributed by atoms with Gasteiger partial charge in [0.05, 0.1) is 16.3 Å². The summed E-state index contributed by atoms with van der Waals surface area (Å²) in [4.78, 5) is 25.3. The number of nitrogens with two attached hydrogens (primary N) is 1. The second-order valence-electron chi connectivity index (χ2n) is 4.82. The highest BCUT2D eigenvalue weighted by Gasteiger charge is 2.23. The predicted molar refractivity (Wildman–Crippen MR) is 83.6 cm³/mol. The number of nitriles is 1. The van der Waals surface area contributed by atoms with Crippen molar-refractivity contribution < 1.29 is 9.72 Å². The number of nitrogen functional groups attached to an aromatic ring is 1. The summed E-state index contributed by atoms with van der Waals surface area (Å²) < 4.78 is 1.19. The van der Waals surface area contributed by atoms with E-state index in [2.05, 4.69) is 10.1 Å². The minimum atomic E-state index is -0.535. The molecule has 24 heavy (non-hydrogen) atoms. The second kappa shape index (κ2) is 5.69. The number of nitrogens with one attached hydrogen (secondary N) is 1. The molecule has 0 radical (unpaired) electrons. The van der Waals surface area contributed by atoms with Crippen LogP contribution in [0.3, 0.4) is 0 Å². The lowest BCUT2D eigenvalue weighted by atomic mass is 10.2. The molecule has 118 valence electrons. The minimum Gasteiger partial charge on any atom is -0.394 e. The van der Waals surface area contributed by atoms with Gasteiger partial charge in [-0.15, -0.1) is 0 Å². The Morgan fingerprint density at radius 2 is 2.04 bits per heavy atom. The SMILES string of the molecule is N#Cc1c(N)c(C(=O)c2ccc[nH]2)nn1-c1ccc([N+](=O)[O-])cc1. The number of hydrogen-bond donors (Lipinski definition) is 2.